The molecule has 0 unspecified atom stereocenters. The molecule has 1 aromatic carbocycles. The molecule has 0 aliphatic heterocycles. The third-order valence-electron chi connectivity index (χ3n) is 3.07. The number of amides is 1. The van der Waals surface area contributed by atoms with Gasteiger partial charge in [0.05, 0.1) is 18.0 Å². The lowest BCUT2D eigenvalue weighted by molar-refractivity contribution is -0.119. The Labute approximate surface area is 138 Å². The fourth-order valence-electron chi connectivity index (χ4n) is 1.99. The second-order valence-corrected chi connectivity index (χ2v) is 7.64. The van der Waals surface area contributed by atoms with Gasteiger partial charge in [0, 0.05) is 13.2 Å². The maximum atomic E-state index is 12.0. The highest BCUT2D eigenvalue weighted by atomic mass is 32.2. The standard InChI is InChI=1S/C16H26N2O4S/c1-13(2)22-10-6-9-17-16(19)12-18(23(4,20)21)15-8-5-7-14(3)11-15/h5,7-8,11,13H,6,9-10,12H2,1-4H3,(H,17,19). The normalized spacial score (nSPS) is 11.5. The van der Waals surface area contributed by atoms with Crippen LogP contribution in [0.15, 0.2) is 24.3 Å². The van der Waals surface area contributed by atoms with Crippen LogP contribution in [-0.2, 0) is 19.6 Å². The predicted octanol–water partition coefficient (Wildman–Crippen LogP) is 1.69. The van der Waals surface area contributed by atoms with Crippen molar-refractivity contribution in [2.45, 2.75) is 33.3 Å². The predicted molar refractivity (Wildman–Crippen MR) is 92.1 cm³/mol. The summed E-state index contributed by atoms with van der Waals surface area (Å²) in [6.07, 6.45) is 1.94. The number of aryl methyl sites for hydroxylation is 1. The summed E-state index contributed by atoms with van der Waals surface area (Å²) in [6.45, 7) is 6.56. The van der Waals surface area contributed by atoms with Crippen molar-refractivity contribution in [3.8, 4) is 0 Å². The van der Waals surface area contributed by atoms with Crippen LogP contribution in [0.3, 0.4) is 0 Å². The van der Waals surface area contributed by atoms with Crippen LogP contribution in [0.1, 0.15) is 25.8 Å². The number of sulfonamides is 1. The van der Waals surface area contributed by atoms with E-state index < -0.39 is 10.0 Å². The average Bonchev–Trinajstić information content (AvgIpc) is 2.42. The minimum Gasteiger partial charge on any atom is -0.379 e. The Bertz CT molecular complexity index is 614. The molecule has 0 radical (unpaired) electrons. The molecule has 0 aromatic heterocycles. The van der Waals surface area contributed by atoms with Gasteiger partial charge in [-0.15, -0.1) is 0 Å². The fourth-order valence-corrected chi connectivity index (χ4v) is 2.84. The summed E-state index contributed by atoms with van der Waals surface area (Å²) in [7, 11) is -3.53. The first kappa shape index (κ1) is 19.4. The van der Waals surface area contributed by atoms with Crippen LogP contribution in [-0.4, -0.2) is 46.4 Å². The van der Waals surface area contributed by atoms with Gasteiger partial charge in [0.15, 0.2) is 0 Å². The maximum absolute atomic E-state index is 12.0. The van der Waals surface area contributed by atoms with E-state index in [1.54, 1.807) is 18.2 Å². The quantitative estimate of drug-likeness (QED) is 0.693. The Morgan fingerprint density at radius 1 is 1.35 bits per heavy atom. The van der Waals surface area contributed by atoms with Crippen LogP contribution in [0.4, 0.5) is 5.69 Å². The van der Waals surface area contributed by atoms with Gasteiger partial charge >= 0.3 is 0 Å². The molecule has 130 valence electrons. The highest BCUT2D eigenvalue weighted by molar-refractivity contribution is 7.92. The second kappa shape index (κ2) is 8.88. The number of nitrogens with zero attached hydrogens (tertiary/aromatic N) is 1. The summed E-state index contributed by atoms with van der Waals surface area (Å²) in [5.41, 5.74) is 1.42. The Morgan fingerprint density at radius 3 is 2.61 bits per heavy atom. The summed E-state index contributed by atoms with van der Waals surface area (Å²) >= 11 is 0. The molecule has 23 heavy (non-hydrogen) atoms. The van der Waals surface area contributed by atoms with Crippen molar-refractivity contribution in [1.82, 2.24) is 5.32 Å². The molecule has 1 aromatic rings. The first-order chi connectivity index (χ1) is 10.7. The molecular weight excluding hydrogens is 316 g/mol. The molecule has 0 bridgehead atoms. The Morgan fingerprint density at radius 2 is 2.04 bits per heavy atom. The minimum atomic E-state index is -3.53. The third-order valence-corrected chi connectivity index (χ3v) is 4.21. The molecule has 0 aliphatic rings. The van der Waals surface area contributed by atoms with E-state index in [1.807, 2.05) is 26.8 Å². The van der Waals surface area contributed by atoms with E-state index in [4.69, 9.17) is 4.74 Å². The average molecular weight is 342 g/mol. The van der Waals surface area contributed by atoms with Gasteiger partial charge in [-0.25, -0.2) is 8.42 Å². The van der Waals surface area contributed by atoms with Gasteiger partial charge in [-0.3, -0.25) is 9.10 Å². The summed E-state index contributed by atoms with van der Waals surface area (Å²) < 4.78 is 30.4. The lowest BCUT2D eigenvalue weighted by Gasteiger charge is -2.22. The number of carbonyl (C=O) groups is 1. The molecule has 0 saturated carbocycles. The zero-order chi connectivity index (χ0) is 17.5. The van der Waals surface area contributed by atoms with Crippen molar-refractivity contribution in [2.24, 2.45) is 0 Å². The smallest absolute Gasteiger partial charge is 0.240 e. The number of nitrogens with one attached hydrogen (secondary N) is 1. The zero-order valence-corrected chi connectivity index (χ0v) is 15.0. The van der Waals surface area contributed by atoms with Gasteiger partial charge in [0.25, 0.3) is 0 Å². The first-order valence-corrected chi connectivity index (χ1v) is 9.47. The fraction of sp³-hybridized carbons (Fsp3) is 0.562. The number of hydrogen-bond donors (Lipinski definition) is 1. The topological polar surface area (TPSA) is 75.7 Å². The van der Waals surface area contributed by atoms with Crippen molar-refractivity contribution >= 4 is 21.6 Å². The molecule has 7 heteroatoms. The lowest BCUT2D eigenvalue weighted by atomic mass is 10.2. The minimum absolute atomic E-state index is 0.160. The molecule has 0 fully saturated rings. The number of anilines is 1. The number of rotatable bonds is 9. The van der Waals surface area contributed by atoms with Crippen LogP contribution < -0.4 is 9.62 Å². The van der Waals surface area contributed by atoms with Crippen molar-refractivity contribution in [1.29, 1.82) is 0 Å². The monoisotopic (exact) mass is 342 g/mol. The largest absolute Gasteiger partial charge is 0.379 e. The summed E-state index contributed by atoms with van der Waals surface area (Å²) in [5, 5.41) is 2.72. The lowest BCUT2D eigenvalue weighted by Crippen LogP contribution is -2.40. The zero-order valence-electron chi connectivity index (χ0n) is 14.2. The first-order valence-electron chi connectivity index (χ1n) is 7.63. The summed E-state index contributed by atoms with van der Waals surface area (Å²) in [4.78, 5) is 12.0. The van der Waals surface area contributed by atoms with Crippen molar-refractivity contribution in [3.05, 3.63) is 29.8 Å². The molecule has 0 spiro atoms. The third kappa shape index (κ3) is 7.47. The van der Waals surface area contributed by atoms with Crippen LogP contribution in [0.25, 0.3) is 0 Å². The highest BCUT2D eigenvalue weighted by Crippen LogP contribution is 2.18. The molecule has 1 amide bonds. The molecule has 1 N–H and O–H groups in total. The van der Waals surface area contributed by atoms with E-state index >= 15 is 0 Å². The molecule has 0 heterocycles. The van der Waals surface area contributed by atoms with E-state index in [0.29, 0.717) is 25.3 Å². The van der Waals surface area contributed by atoms with Crippen molar-refractivity contribution < 1.29 is 17.9 Å². The molecule has 1 rings (SSSR count). The van der Waals surface area contributed by atoms with Gasteiger partial charge in [-0.2, -0.15) is 0 Å². The second-order valence-electron chi connectivity index (χ2n) is 5.73. The van der Waals surface area contributed by atoms with Crippen LogP contribution in [0, 0.1) is 6.92 Å². The van der Waals surface area contributed by atoms with Gasteiger partial charge in [-0.1, -0.05) is 12.1 Å². The Kier molecular flexibility index (Phi) is 7.51. The number of ether oxygens (including phenoxy) is 1. The Hall–Kier alpha value is -1.60. The number of hydrogen-bond acceptors (Lipinski definition) is 4. The number of benzene rings is 1. The van der Waals surface area contributed by atoms with E-state index in [0.717, 1.165) is 16.1 Å². The van der Waals surface area contributed by atoms with Crippen LogP contribution in [0.5, 0.6) is 0 Å². The van der Waals surface area contributed by atoms with E-state index in [9.17, 15) is 13.2 Å². The molecular formula is C16H26N2O4S. The molecule has 6 nitrogen and oxygen atoms in total. The molecule has 0 aliphatic carbocycles. The van der Waals surface area contributed by atoms with Gasteiger partial charge in [0.2, 0.25) is 15.9 Å². The maximum Gasteiger partial charge on any atom is 0.240 e. The highest BCUT2D eigenvalue weighted by Gasteiger charge is 2.20. The van der Waals surface area contributed by atoms with Crippen molar-refractivity contribution in [2.75, 3.05) is 30.3 Å². The SMILES string of the molecule is Cc1cccc(N(CC(=O)NCCCOC(C)C)S(C)(=O)=O)c1. The van der Waals surface area contributed by atoms with E-state index in [-0.39, 0.29) is 18.6 Å². The molecule has 0 atom stereocenters. The van der Waals surface area contributed by atoms with Gasteiger partial charge < -0.3 is 10.1 Å². The van der Waals surface area contributed by atoms with Gasteiger partial charge in [0.1, 0.15) is 6.54 Å². The van der Waals surface area contributed by atoms with Crippen LogP contribution in [0.2, 0.25) is 0 Å². The van der Waals surface area contributed by atoms with E-state index in [2.05, 4.69) is 5.32 Å². The Balaban J connectivity index is 2.60. The van der Waals surface area contributed by atoms with E-state index in [1.165, 1.54) is 0 Å². The summed E-state index contributed by atoms with van der Waals surface area (Å²) in [5.74, 6) is -0.332. The van der Waals surface area contributed by atoms with Gasteiger partial charge in [-0.05, 0) is 44.9 Å². The summed E-state index contributed by atoms with van der Waals surface area (Å²) in [6, 6.07) is 7.06. The number of carbonyl (C=O) groups excluding carboxylic acids is 1. The van der Waals surface area contributed by atoms with Crippen molar-refractivity contribution in [3.63, 3.8) is 0 Å². The molecule has 0 saturated heterocycles. The van der Waals surface area contributed by atoms with Crippen LogP contribution >= 0.6 is 0 Å².